The van der Waals surface area contributed by atoms with Crippen molar-refractivity contribution in [1.82, 2.24) is 15.0 Å². The Balaban J connectivity index is 1.50. The second kappa shape index (κ2) is 7.39. The Morgan fingerprint density at radius 3 is 2.41 bits per heavy atom. The number of amides is 1. The third-order valence-electron chi connectivity index (χ3n) is 3.90. The van der Waals surface area contributed by atoms with Gasteiger partial charge < -0.3 is 10.6 Å². The van der Waals surface area contributed by atoms with E-state index in [1.807, 2.05) is 30.3 Å². The molecular formula is C20H14ClN5O. The van der Waals surface area contributed by atoms with Gasteiger partial charge in [-0.1, -0.05) is 29.8 Å². The highest BCUT2D eigenvalue weighted by Gasteiger charge is 2.09. The van der Waals surface area contributed by atoms with Crippen molar-refractivity contribution in [1.29, 1.82) is 0 Å². The first-order valence-electron chi connectivity index (χ1n) is 8.19. The number of benzene rings is 2. The molecule has 0 aliphatic heterocycles. The largest absolute Gasteiger partial charge is 0.322 e. The van der Waals surface area contributed by atoms with Crippen LogP contribution in [0.3, 0.4) is 0 Å². The molecule has 0 aliphatic carbocycles. The van der Waals surface area contributed by atoms with Crippen molar-refractivity contribution in [3.8, 4) is 0 Å². The van der Waals surface area contributed by atoms with Crippen LogP contribution >= 0.6 is 11.6 Å². The number of halogens is 1. The fraction of sp³-hybridized carbons (Fsp3) is 0. The molecule has 0 atom stereocenters. The molecule has 2 aromatic heterocycles. The van der Waals surface area contributed by atoms with E-state index in [1.54, 1.807) is 30.5 Å². The number of hydrogen-bond acceptors (Lipinski definition) is 5. The Kier molecular flexibility index (Phi) is 4.63. The molecule has 0 spiro atoms. The highest BCUT2D eigenvalue weighted by molar-refractivity contribution is 6.30. The van der Waals surface area contributed by atoms with E-state index in [9.17, 15) is 4.79 Å². The minimum atomic E-state index is -0.296. The lowest BCUT2D eigenvalue weighted by molar-refractivity contribution is 0.102. The smallest absolute Gasteiger partial charge is 0.258 e. The third kappa shape index (κ3) is 3.86. The van der Waals surface area contributed by atoms with Gasteiger partial charge in [0.25, 0.3) is 5.91 Å². The molecule has 0 bridgehead atoms. The van der Waals surface area contributed by atoms with Crippen molar-refractivity contribution in [3.05, 3.63) is 83.8 Å². The summed E-state index contributed by atoms with van der Waals surface area (Å²) in [6.07, 6.45) is 4.68. The number of nitrogens with one attached hydrogen (secondary N) is 2. The van der Waals surface area contributed by atoms with Gasteiger partial charge in [-0.3, -0.25) is 9.78 Å². The molecule has 0 saturated heterocycles. The Morgan fingerprint density at radius 2 is 1.63 bits per heavy atom. The predicted molar refractivity (Wildman–Crippen MR) is 106 cm³/mol. The highest BCUT2D eigenvalue weighted by Crippen LogP contribution is 2.23. The first-order valence-corrected chi connectivity index (χ1v) is 8.56. The number of para-hydroxylation sites is 1. The molecule has 1 amide bonds. The molecule has 2 aromatic carbocycles. The fourth-order valence-corrected chi connectivity index (χ4v) is 2.70. The minimum Gasteiger partial charge on any atom is -0.322 e. The van der Waals surface area contributed by atoms with Crippen LogP contribution in [0.1, 0.15) is 10.4 Å². The van der Waals surface area contributed by atoms with E-state index in [0.717, 1.165) is 16.6 Å². The summed E-state index contributed by atoms with van der Waals surface area (Å²) < 4.78 is 0. The number of nitrogens with zero attached hydrogens (tertiary/aromatic N) is 3. The lowest BCUT2D eigenvalue weighted by atomic mass is 10.2. The highest BCUT2D eigenvalue weighted by atomic mass is 35.5. The number of carbonyl (C=O) groups excluding carboxylic acids is 1. The maximum atomic E-state index is 12.3. The molecule has 6 nitrogen and oxygen atoms in total. The number of rotatable bonds is 4. The summed E-state index contributed by atoms with van der Waals surface area (Å²) in [5.41, 5.74) is 2.62. The molecule has 27 heavy (non-hydrogen) atoms. The molecule has 7 heteroatoms. The number of anilines is 3. The third-order valence-corrected chi connectivity index (χ3v) is 4.15. The lowest BCUT2D eigenvalue weighted by Crippen LogP contribution is -2.13. The van der Waals surface area contributed by atoms with E-state index in [-0.39, 0.29) is 5.91 Å². The van der Waals surface area contributed by atoms with E-state index >= 15 is 0 Å². The zero-order valence-corrected chi connectivity index (χ0v) is 14.8. The first-order chi connectivity index (χ1) is 13.2. The normalized spacial score (nSPS) is 10.6. The van der Waals surface area contributed by atoms with Gasteiger partial charge >= 0.3 is 0 Å². The van der Waals surface area contributed by atoms with E-state index in [2.05, 4.69) is 25.6 Å². The van der Waals surface area contributed by atoms with Crippen LogP contribution in [0.25, 0.3) is 10.9 Å². The summed E-state index contributed by atoms with van der Waals surface area (Å²) in [7, 11) is 0. The van der Waals surface area contributed by atoms with Gasteiger partial charge in [-0.15, -0.1) is 0 Å². The standard InChI is InChI=1S/C20H14ClN5O/c21-15-6-8-16(9-7-15)25-19(27)14-11-23-20(24-12-14)26-17-5-1-3-13-4-2-10-22-18(13)17/h1-12H,(H,25,27)(H,23,24,26). The van der Waals surface area contributed by atoms with Crippen LogP contribution in [0, 0.1) is 0 Å². The molecule has 0 saturated carbocycles. The zero-order valence-electron chi connectivity index (χ0n) is 14.1. The molecule has 2 heterocycles. The quantitative estimate of drug-likeness (QED) is 0.541. The second-order valence-electron chi connectivity index (χ2n) is 5.76. The van der Waals surface area contributed by atoms with Crippen LogP contribution in [0.5, 0.6) is 0 Å². The summed E-state index contributed by atoms with van der Waals surface area (Å²) in [6, 6.07) is 16.6. The topological polar surface area (TPSA) is 79.8 Å². The molecule has 0 fully saturated rings. The number of fused-ring (bicyclic) bond motifs is 1. The Hall–Kier alpha value is -3.51. The van der Waals surface area contributed by atoms with Crippen LogP contribution in [0.4, 0.5) is 17.3 Å². The van der Waals surface area contributed by atoms with Crippen molar-refractivity contribution in [3.63, 3.8) is 0 Å². The molecule has 2 N–H and O–H groups in total. The van der Waals surface area contributed by atoms with Gasteiger partial charge in [0.05, 0.1) is 16.8 Å². The number of pyridine rings is 1. The SMILES string of the molecule is O=C(Nc1ccc(Cl)cc1)c1cnc(Nc2cccc3cccnc23)nc1. The monoisotopic (exact) mass is 375 g/mol. The van der Waals surface area contributed by atoms with Crippen molar-refractivity contribution < 1.29 is 4.79 Å². The molecule has 4 rings (SSSR count). The van der Waals surface area contributed by atoms with E-state index in [0.29, 0.717) is 22.2 Å². The number of hydrogen-bond donors (Lipinski definition) is 2. The van der Waals surface area contributed by atoms with E-state index < -0.39 is 0 Å². The van der Waals surface area contributed by atoms with E-state index in [4.69, 9.17) is 11.6 Å². The van der Waals surface area contributed by atoms with Crippen molar-refractivity contribution >= 4 is 45.7 Å². The summed E-state index contributed by atoms with van der Waals surface area (Å²) >= 11 is 5.84. The summed E-state index contributed by atoms with van der Waals surface area (Å²) in [6.45, 7) is 0. The fourth-order valence-electron chi connectivity index (χ4n) is 2.57. The maximum Gasteiger partial charge on any atom is 0.258 e. The van der Waals surface area contributed by atoms with Crippen LogP contribution < -0.4 is 10.6 Å². The van der Waals surface area contributed by atoms with Crippen LogP contribution in [0.2, 0.25) is 5.02 Å². The average molecular weight is 376 g/mol. The van der Waals surface area contributed by atoms with Crippen molar-refractivity contribution in [2.75, 3.05) is 10.6 Å². The first kappa shape index (κ1) is 16.9. The summed E-state index contributed by atoms with van der Waals surface area (Å²) in [4.78, 5) is 25.1. The van der Waals surface area contributed by atoms with Gasteiger partial charge in [-0.05, 0) is 36.4 Å². The molecule has 0 radical (unpaired) electrons. The number of carbonyl (C=O) groups is 1. The summed E-state index contributed by atoms with van der Waals surface area (Å²) in [5, 5.41) is 7.53. The Morgan fingerprint density at radius 1 is 0.889 bits per heavy atom. The van der Waals surface area contributed by atoms with Gasteiger partial charge in [0.1, 0.15) is 0 Å². The predicted octanol–water partition coefficient (Wildman–Crippen LogP) is 4.67. The maximum absolute atomic E-state index is 12.3. The molecule has 0 unspecified atom stereocenters. The summed E-state index contributed by atoms with van der Waals surface area (Å²) in [5.74, 6) is 0.0897. The van der Waals surface area contributed by atoms with Gasteiger partial charge in [0, 0.05) is 34.7 Å². The minimum absolute atomic E-state index is 0.296. The average Bonchev–Trinajstić information content (AvgIpc) is 2.70. The van der Waals surface area contributed by atoms with Crippen LogP contribution in [-0.2, 0) is 0 Å². The molecule has 132 valence electrons. The Labute approximate surface area is 160 Å². The van der Waals surface area contributed by atoms with E-state index in [1.165, 1.54) is 12.4 Å². The molecule has 0 aliphatic rings. The second-order valence-corrected chi connectivity index (χ2v) is 6.20. The number of aromatic nitrogens is 3. The van der Waals surface area contributed by atoms with Gasteiger partial charge in [0.2, 0.25) is 5.95 Å². The zero-order chi connectivity index (χ0) is 18.6. The molecular weight excluding hydrogens is 362 g/mol. The van der Waals surface area contributed by atoms with Gasteiger partial charge in [-0.2, -0.15) is 0 Å². The van der Waals surface area contributed by atoms with Crippen LogP contribution in [-0.4, -0.2) is 20.9 Å². The van der Waals surface area contributed by atoms with Gasteiger partial charge in [-0.25, -0.2) is 9.97 Å². The van der Waals surface area contributed by atoms with Gasteiger partial charge in [0.15, 0.2) is 0 Å². The van der Waals surface area contributed by atoms with Crippen LogP contribution in [0.15, 0.2) is 73.2 Å². The molecule has 4 aromatic rings. The Bertz CT molecular complexity index is 1090. The lowest BCUT2D eigenvalue weighted by Gasteiger charge is -2.08. The van der Waals surface area contributed by atoms with Crippen molar-refractivity contribution in [2.24, 2.45) is 0 Å². The van der Waals surface area contributed by atoms with Crippen molar-refractivity contribution in [2.45, 2.75) is 0 Å².